The molecule has 0 aromatic heterocycles. The minimum absolute atomic E-state index is 0.417. The van der Waals surface area contributed by atoms with Crippen LogP contribution in [0.2, 0.25) is 0 Å². The van der Waals surface area contributed by atoms with Crippen molar-refractivity contribution in [2.75, 3.05) is 0 Å². The second-order valence-corrected chi connectivity index (χ2v) is 4.72. The molecule has 7 heteroatoms. The highest BCUT2D eigenvalue weighted by Crippen LogP contribution is 2.39. The van der Waals surface area contributed by atoms with Crippen molar-refractivity contribution in [3.63, 3.8) is 0 Å². The van der Waals surface area contributed by atoms with E-state index in [9.17, 15) is 29.7 Å². The smallest absolute Gasteiger partial charge is 0.187 e. The van der Waals surface area contributed by atoms with Gasteiger partial charge in [-0.3, -0.25) is 14.4 Å². The van der Waals surface area contributed by atoms with Crippen LogP contribution >= 0.6 is 0 Å². The first kappa shape index (κ1) is 15.9. The van der Waals surface area contributed by atoms with Crippen LogP contribution in [0.3, 0.4) is 0 Å². The lowest BCUT2D eigenvalue weighted by Crippen LogP contribution is -2.73. The van der Waals surface area contributed by atoms with Gasteiger partial charge in [-0.05, 0) is 20.8 Å². The minimum Gasteiger partial charge on any atom is -0.382 e. The Hall–Kier alpha value is -1.15. The molecule has 1 aliphatic heterocycles. The van der Waals surface area contributed by atoms with Crippen molar-refractivity contribution in [1.29, 1.82) is 0 Å². The fourth-order valence-electron chi connectivity index (χ4n) is 2.18. The summed E-state index contributed by atoms with van der Waals surface area (Å²) >= 11 is 0. The maximum absolute atomic E-state index is 11.7. The van der Waals surface area contributed by atoms with E-state index >= 15 is 0 Å². The van der Waals surface area contributed by atoms with Crippen LogP contribution in [0, 0.1) is 6.61 Å². The van der Waals surface area contributed by atoms with Crippen molar-refractivity contribution in [2.24, 2.45) is 0 Å². The van der Waals surface area contributed by atoms with Crippen LogP contribution in [0.5, 0.6) is 0 Å². The van der Waals surface area contributed by atoms with Crippen molar-refractivity contribution in [1.82, 2.24) is 0 Å². The Kier molecular flexibility index (Phi) is 4.26. The number of Topliss-reactive ketones (excluding diaryl/α,β-unsaturated/α-hetero) is 3. The normalized spacial score (nSPS) is 36.6. The van der Waals surface area contributed by atoms with Crippen LogP contribution in [0.1, 0.15) is 27.2 Å². The van der Waals surface area contributed by atoms with E-state index in [1.807, 2.05) is 0 Å². The molecule has 1 unspecified atom stereocenters. The zero-order chi connectivity index (χ0) is 15.0. The molecule has 3 N–H and O–H groups in total. The fourth-order valence-corrected chi connectivity index (χ4v) is 2.18. The predicted molar refractivity (Wildman–Crippen MR) is 61.7 cm³/mol. The molecule has 1 aliphatic rings. The molecule has 107 valence electrons. The second-order valence-electron chi connectivity index (χ2n) is 4.72. The summed E-state index contributed by atoms with van der Waals surface area (Å²) in [5, 5.41) is 30.4. The Bertz CT molecular complexity index is 418. The Morgan fingerprint density at radius 1 is 1.21 bits per heavy atom. The molecule has 19 heavy (non-hydrogen) atoms. The van der Waals surface area contributed by atoms with Crippen LogP contribution in [0.15, 0.2) is 0 Å². The zero-order valence-corrected chi connectivity index (χ0v) is 10.9. The lowest BCUT2D eigenvalue weighted by molar-refractivity contribution is -0.239. The Labute approximate surface area is 110 Å². The first-order valence-corrected chi connectivity index (χ1v) is 5.71. The van der Waals surface area contributed by atoms with Crippen molar-refractivity contribution >= 4 is 17.3 Å². The molecule has 4 atom stereocenters. The number of hydrogen-bond acceptors (Lipinski definition) is 7. The van der Waals surface area contributed by atoms with Crippen LogP contribution in [0.4, 0.5) is 0 Å². The summed E-state index contributed by atoms with van der Waals surface area (Å²) in [6, 6.07) is 0. The molecule has 1 fully saturated rings. The third-order valence-corrected chi connectivity index (χ3v) is 3.49. The second kappa shape index (κ2) is 5.09. The van der Waals surface area contributed by atoms with Crippen molar-refractivity contribution in [3.05, 3.63) is 6.61 Å². The highest BCUT2D eigenvalue weighted by molar-refractivity contribution is 5.99. The van der Waals surface area contributed by atoms with Crippen LogP contribution in [-0.4, -0.2) is 56.1 Å². The molecule has 1 saturated heterocycles. The SMILES string of the molecule is CC(=O)C(O)[C@H]1O[CH]C[C@](O)(C(C)=O)[C@]1(O)C(C)=O. The van der Waals surface area contributed by atoms with Gasteiger partial charge >= 0.3 is 0 Å². The molecule has 1 heterocycles. The van der Waals surface area contributed by atoms with E-state index in [-0.39, 0.29) is 0 Å². The molecular weight excluding hydrogens is 256 g/mol. The molecule has 0 aromatic carbocycles. The molecule has 0 bridgehead atoms. The van der Waals surface area contributed by atoms with E-state index < -0.39 is 47.2 Å². The maximum atomic E-state index is 11.7. The number of ketones is 3. The zero-order valence-electron chi connectivity index (χ0n) is 10.9. The molecule has 7 nitrogen and oxygen atoms in total. The minimum atomic E-state index is -2.68. The topological polar surface area (TPSA) is 121 Å². The van der Waals surface area contributed by atoms with E-state index in [1.54, 1.807) is 0 Å². The van der Waals surface area contributed by atoms with E-state index in [4.69, 9.17) is 4.74 Å². The Morgan fingerprint density at radius 2 is 1.74 bits per heavy atom. The van der Waals surface area contributed by atoms with Crippen LogP contribution in [0.25, 0.3) is 0 Å². The van der Waals surface area contributed by atoms with Gasteiger partial charge in [0.1, 0.15) is 12.2 Å². The Morgan fingerprint density at radius 3 is 2.11 bits per heavy atom. The number of rotatable bonds is 4. The van der Waals surface area contributed by atoms with Crippen molar-refractivity contribution in [3.8, 4) is 0 Å². The number of carbonyl (C=O) groups excluding carboxylic acids is 3. The molecule has 0 aliphatic carbocycles. The third-order valence-electron chi connectivity index (χ3n) is 3.49. The van der Waals surface area contributed by atoms with Gasteiger partial charge in [0, 0.05) is 6.42 Å². The summed E-state index contributed by atoms with van der Waals surface area (Å²) in [4.78, 5) is 34.5. The first-order chi connectivity index (χ1) is 8.59. The number of ether oxygens (including phenoxy) is 1. The molecule has 0 saturated carbocycles. The largest absolute Gasteiger partial charge is 0.382 e. The number of aliphatic hydroxyl groups excluding tert-OH is 1. The summed E-state index contributed by atoms with van der Waals surface area (Å²) in [5.74, 6) is -2.58. The summed E-state index contributed by atoms with van der Waals surface area (Å²) in [6.07, 6.45) is -3.99. The van der Waals surface area contributed by atoms with Crippen molar-refractivity contribution in [2.45, 2.75) is 50.6 Å². The van der Waals surface area contributed by atoms with Gasteiger partial charge in [0.15, 0.2) is 28.6 Å². The number of aliphatic hydroxyl groups is 3. The maximum Gasteiger partial charge on any atom is 0.187 e. The highest BCUT2D eigenvalue weighted by Gasteiger charge is 2.65. The predicted octanol–water partition coefficient (Wildman–Crippen LogP) is -1.47. The summed E-state index contributed by atoms with van der Waals surface area (Å²) in [6.45, 7) is 3.98. The third kappa shape index (κ3) is 2.23. The average molecular weight is 273 g/mol. The average Bonchev–Trinajstić information content (AvgIpc) is 2.31. The number of carbonyl (C=O) groups is 3. The van der Waals surface area contributed by atoms with Gasteiger partial charge in [-0.15, -0.1) is 0 Å². The quantitative estimate of drug-likeness (QED) is 0.571. The summed E-state index contributed by atoms with van der Waals surface area (Å²) in [5.41, 5.74) is -5.11. The monoisotopic (exact) mass is 273 g/mol. The highest BCUT2D eigenvalue weighted by atomic mass is 16.5. The molecule has 0 aromatic rings. The van der Waals surface area contributed by atoms with Crippen LogP contribution < -0.4 is 0 Å². The van der Waals surface area contributed by atoms with E-state index in [0.29, 0.717) is 0 Å². The van der Waals surface area contributed by atoms with Crippen molar-refractivity contribution < 1.29 is 34.4 Å². The first-order valence-electron chi connectivity index (χ1n) is 5.71. The standard InChI is InChI=1S/C12H17O7/c1-6(13)9(16)10-12(18,8(3)15)11(17,7(2)14)4-5-19-10/h5,9-10,16-18H,4H2,1-3H3/t9?,10-,11+,12+/m1/s1. The molecular formula is C12H17O7. The molecule has 0 amide bonds. The Balaban J connectivity index is 3.37. The summed E-state index contributed by atoms with van der Waals surface area (Å²) < 4.78 is 4.94. The van der Waals surface area contributed by atoms with Gasteiger partial charge in [0.25, 0.3) is 0 Å². The lowest BCUT2D eigenvalue weighted by atomic mass is 9.68. The van der Waals surface area contributed by atoms with Gasteiger partial charge in [0.05, 0.1) is 6.61 Å². The molecule has 1 radical (unpaired) electrons. The van der Waals surface area contributed by atoms with Crippen LogP contribution in [-0.2, 0) is 19.1 Å². The summed E-state index contributed by atoms with van der Waals surface area (Å²) in [7, 11) is 0. The number of hydrogen-bond donors (Lipinski definition) is 3. The van der Waals surface area contributed by atoms with Gasteiger partial charge in [-0.2, -0.15) is 0 Å². The van der Waals surface area contributed by atoms with Gasteiger partial charge in [0.2, 0.25) is 0 Å². The van der Waals surface area contributed by atoms with E-state index in [0.717, 1.165) is 27.4 Å². The lowest BCUT2D eigenvalue weighted by Gasteiger charge is -2.48. The molecule has 0 spiro atoms. The fraction of sp³-hybridized carbons (Fsp3) is 0.667. The van der Waals surface area contributed by atoms with E-state index in [1.165, 1.54) is 0 Å². The van der Waals surface area contributed by atoms with Gasteiger partial charge in [-0.25, -0.2) is 0 Å². The van der Waals surface area contributed by atoms with Gasteiger partial charge < -0.3 is 20.1 Å². The van der Waals surface area contributed by atoms with Gasteiger partial charge in [-0.1, -0.05) is 0 Å². The molecule has 1 rings (SSSR count). The van der Waals surface area contributed by atoms with E-state index in [2.05, 4.69) is 0 Å².